The fourth-order valence-electron chi connectivity index (χ4n) is 4.18. The molecular formula is C35H53NO2. The van der Waals surface area contributed by atoms with Crippen molar-refractivity contribution in [1.82, 2.24) is 0 Å². The quantitative estimate of drug-likeness (QED) is 0.203. The first-order valence-electron chi connectivity index (χ1n) is 14.3. The molecule has 1 aromatic carbocycles. The molecule has 0 saturated carbocycles. The van der Waals surface area contributed by atoms with Gasteiger partial charge >= 0.3 is 0 Å². The Morgan fingerprint density at radius 1 is 1.03 bits per heavy atom. The summed E-state index contributed by atoms with van der Waals surface area (Å²) in [6, 6.07) is 4.24. The van der Waals surface area contributed by atoms with Gasteiger partial charge in [0.05, 0.1) is 19.9 Å². The van der Waals surface area contributed by atoms with E-state index in [-0.39, 0.29) is 0 Å². The zero-order valence-electron chi connectivity index (χ0n) is 25.9. The molecule has 1 rings (SSSR count). The van der Waals surface area contributed by atoms with Crippen LogP contribution in [0.3, 0.4) is 0 Å². The van der Waals surface area contributed by atoms with Crippen molar-refractivity contribution < 1.29 is 9.47 Å². The van der Waals surface area contributed by atoms with E-state index in [4.69, 9.17) is 9.47 Å². The average Bonchev–Trinajstić information content (AvgIpc) is 2.93. The summed E-state index contributed by atoms with van der Waals surface area (Å²) < 4.78 is 11.5. The highest BCUT2D eigenvalue weighted by atomic mass is 16.5. The summed E-state index contributed by atoms with van der Waals surface area (Å²) in [7, 11) is 3.44. The standard InChI is InChI=1S/C35H53NO2/c1-12-17-19-31(21-26(6)14-3)30(16-5)22-28(8)33(20-18-13-2)36(25-27(7)15-4)32-23-34(37-10)29(9)35(24-32)38-11/h16-17,19,21-26H,5,12-15,18,20H2,1-4,6-11H3/b19-17+,27-25-,30-22+,31-21+,33-28+. The fourth-order valence-corrected chi connectivity index (χ4v) is 4.18. The number of unbranched alkanes of at least 4 members (excludes halogenated alkanes) is 1. The molecule has 3 heteroatoms. The topological polar surface area (TPSA) is 21.7 Å². The van der Waals surface area contributed by atoms with E-state index in [2.05, 4.69) is 103 Å². The minimum atomic E-state index is 0.498. The molecule has 1 aromatic rings. The zero-order valence-corrected chi connectivity index (χ0v) is 25.9. The van der Waals surface area contributed by atoms with Gasteiger partial charge in [-0.15, -0.1) is 0 Å². The predicted octanol–water partition coefficient (Wildman–Crippen LogP) is 10.6. The van der Waals surface area contributed by atoms with E-state index in [1.165, 1.54) is 22.4 Å². The number of allylic oxidation sites excluding steroid dienone is 10. The molecule has 3 nitrogen and oxygen atoms in total. The fraction of sp³-hybridized carbons (Fsp3) is 0.486. The van der Waals surface area contributed by atoms with Gasteiger partial charge in [-0.3, -0.25) is 0 Å². The lowest BCUT2D eigenvalue weighted by Gasteiger charge is -2.28. The van der Waals surface area contributed by atoms with Gasteiger partial charge in [-0.25, -0.2) is 0 Å². The smallest absolute Gasteiger partial charge is 0.127 e. The van der Waals surface area contributed by atoms with Crippen LogP contribution in [0.5, 0.6) is 11.5 Å². The molecule has 0 bridgehead atoms. The van der Waals surface area contributed by atoms with Gasteiger partial charge in [0.1, 0.15) is 11.5 Å². The second-order valence-electron chi connectivity index (χ2n) is 10.0. The van der Waals surface area contributed by atoms with Gasteiger partial charge in [0, 0.05) is 29.6 Å². The minimum Gasteiger partial charge on any atom is -0.496 e. The van der Waals surface area contributed by atoms with Gasteiger partial charge < -0.3 is 14.4 Å². The third-order valence-corrected chi connectivity index (χ3v) is 7.00. The summed E-state index contributed by atoms with van der Waals surface area (Å²) in [6.07, 6.45) is 19.7. The SMILES string of the molecule is C=CC(=C\C(C)=C(/CCCC)N(/C=C(/C)CC)c1cc(OC)c(C)c(OC)c1)/C(/C=C/CC)=C/C(C)CC. The predicted molar refractivity (Wildman–Crippen MR) is 168 cm³/mol. The molecule has 0 radical (unpaired) electrons. The van der Waals surface area contributed by atoms with Crippen LogP contribution in [-0.2, 0) is 0 Å². The van der Waals surface area contributed by atoms with Crippen molar-refractivity contribution in [3.05, 3.63) is 88.8 Å². The van der Waals surface area contributed by atoms with Crippen molar-refractivity contribution in [3.8, 4) is 11.5 Å². The summed E-state index contributed by atoms with van der Waals surface area (Å²) in [4.78, 5) is 2.34. The third kappa shape index (κ3) is 9.74. The van der Waals surface area contributed by atoms with Crippen molar-refractivity contribution in [2.75, 3.05) is 19.1 Å². The number of anilines is 1. The van der Waals surface area contributed by atoms with Crippen LogP contribution in [0, 0.1) is 12.8 Å². The summed E-state index contributed by atoms with van der Waals surface area (Å²) in [5.41, 5.74) is 8.23. The van der Waals surface area contributed by atoms with Crippen molar-refractivity contribution in [1.29, 1.82) is 0 Å². The Labute approximate surface area is 234 Å². The van der Waals surface area contributed by atoms with Crippen LogP contribution in [0.2, 0.25) is 0 Å². The number of methoxy groups -OCH3 is 2. The zero-order chi connectivity index (χ0) is 28.7. The molecule has 0 aliphatic heterocycles. The van der Waals surface area contributed by atoms with Crippen LogP contribution < -0.4 is 14.4 Å². The van der Waals surface area contributed by atoms with Gasteiger partial charge in [-0.2, -0.15) is 0 Å². The Bertz CT molecular complexity index is 1030. The maximum Gasteiger partial charge on any atom is 0.127 e. The molecule has 0 spiro atoms. The van der Waals surface area contributed by atoms with E-state index in [0.29, 0.717) is 5.92 Å². The molecule has 0 fully saturated rings. The van der Waals surface area contributed by atoms with Crippen LogP contribution in [0.25, 0.3) is 0 Å². The van der Waals surface area contributed by atoms with Crippen molar-refractivity contribution in [2.45, 2.75) is 93.9 Å². The van der Waals surface area contributed by atoms with Crippen LogP contribution in [0.15, 0.2) is 83.3 Å². The van der Waals surface area contributed by atoms with E-state index < -0.39 is 0 Å². The first-order valence-corrected chi connectivity index (χ1v) is 14.3. The molecule has 210 valence electrons. The van der Waals surface area contributed by atoms with Crippen LogP contribution in [0.1, 0.15) is 92.6 Å². The van der Waals surface area contributed by atoms with E-state index in [1.54, 1.807) is 14.2 Å². The maximum absolute atomic E-state index is 5.75. The number of nitrogens with zero attached hydrogens (tertiary/aromatic N) is 1. The van der Waals surface area contributed by atoms with Crippen LogP contribution in [-0.4, -0.2) is 14.2 Å². The molecule has 0 heterocycles. The van der Waals surface area contributed by atoms with Crippen molar-refractivity contribution >= 4 is 5.69 Å². The molecule has 1 atom stereocenters. The van der Waals surface area contributed by atoms with E-state index in [9.17, 15) is 0 Å². The highest BCUT2D eigenvalue weighted by Crippen LogP contribution is 2.37. The Hall–Kier alpha value is -2.94. The number of hydrogen-bond acceptors (Lipinski definition) is 3. The monoisotopic (exact) mass is 519 g/mol. The summed E-state index contributed by atoms with van der Waals surface area (Å²) in [5, 5.41) is 0. The second-order valence-corrected chi connectivity index (χ2v) is 10.0. The molecule has 0 saturated heterocycles. The molecule has 0 aliphatic carbocycles. The number of benzene rings is 1. The van der Waals surface area contributed by atoms with Gasteiger partial charge in [-0.05, 0) is 75.2 Å². The Morgan fingerprint density at radius 3 is 2.13 bits per heavy atom. The third-order valence-electron chi connectivity index (χ3n) is 7.00. The van der Waals surface area contributed by atoms with Crippen molar-refractivity contribution in [2.24, 2.45) is 5.92 Å². The van der Waals surface area contributed by atoms with Crippen molar-refractivity contribution in [3.63, 3.8) is 0 Å². The largest absolute Gasteiger partial charge is 0.496 e. The summed E-state index contributed by atoms with van der Waals surface area (Å²) >= 11 is 0. The summed E-state index contributed by atoms with van der Waals surface area (Å²) in [6.45, 7) is 21.8. The molecule has 0 aromatic heterocycles. The molecule has 0 amide bonds. The van der Waals surface area contributed by atoms with E-state index in [1.807, 2.05) is 13.0 Å². The maximum atomic E-state index is 5.75. The molecule has 0 aliphatic rings. The highest BCUT2D eigenvalue weighted by molar-refractivity contribution is 5.65. The lowest BCUT2D eigenvalue weighted by molar-refractivity contribution is 0.389. The minimum absolute atomic E-state index is 0.498. The van der Waals surface area contributed by atoms with Gasteiger partial charge in [0.25, 0.3) is 0 Å². The number of rotatable bonds is 16. The highest BCUT2D eigenvalue weighted by Gasteiger charge is 2.18. The molecular weight excluding hydrogens is 466 g/mol. The Morgan fingerprint density at radius 2 is 1.66 bits per heavy atom. The second kappa shape index (κ2) is 17.5. The average molecular weight is 520 g/mol. The summed E-state index contributed by atoms with van der Waals surface area (Å²) in [5.74, 6) is 2.15. The van der Waals surface area contributed by atoms with Crippen LogP contribution in [0.4, 0.5) is 5.69 Å². The van der Waals surface area contributed by atoms with Gasteiger partial charge in [0.2, 0.25) is 0 Å². The van der Waals surface area contributed by atoms with Gasteiger partial charge in [-0.1, -0.05) is 83.9 Å². The molecule has 1 unspecified atom stereocenters. The number of hydrogen-bond donors (Lipinski definition) is 0. The first kappa shape index (κ1) is 33.1. The van der Waals surface area contributed by atoms with E-state index >= 15 is 0 Å². The lowest BCUT2D eigenvalue weighted by Crippen LogP contribution is -2.18. The Balaban J connectivity index is 3.97. The normalized spacial score (nSPS) is 14.4. The van der Waals surface area contributed by atoms with Crippen LogP contribution >= 0.6 is 0 Å². The number of ether oxygens (including phenoxy) is 2. The van der Waals surface area contributed by atoms with Gasteiger partial charge in [0.15, 0.2) is 0 Å². The van der Waals surface area contributed by atoms with E-state index in [0.717, 1.165) is 66.8 Å². The Kier molecular flexibility index (Phi) is 15.3. The lowest BCUT2D eigenvalue weighted by atomic mass is 9.96. The first-order chi connectivity index (χ1) is 18.2. The molecule has 0 N–H and O–H groups in total. The molecule has 38 heavy (non-hydrogen) atoms.